The number of carbonyl (C=O) groups is 2. The van der Waals surface area contributed by atoms with Crippen molar-refractivity contribution in [2.75, 3.05) is 13.2 Å². The third-order valence-corrected chi connectivity index (χ3v) is 5.44. The molecule has 0 aromatic rings. The first-order valence-electron chi connectivity index (χ1n) is 11.6. The van der Waals surface area contributed by atoms with E-state index in [1.165, 1.54) is 44.9 Å². The van der Waals surface area contributed by atoms with E-state index in [-0.39, 0.29) is 17.8 Å². The lowest BCUT2D eigenvalue weighted by Gasteiger charge is -2.29. The fourth-order valence-corrected chi connectivity index (χ4v) is 3.75. The van der Waals surface area contributed by atoms with E-state index in [4.69, 9.17) is 9.47 Å². The SMILES string of the molecule is CCCCCCCCCCOC(=O)C(NC(=O)OCC(C)C)C1CCCCC1. The molecule has 1 aliphatic carbocycles. The van der Waals surface area contributed by atoms with E-state index in [0.29, 0.717) is 13.2 Å². The van der Waals surface area contributed by atoms with Crippen LogP contribution in [0.25, 0.3) is 0 Å². The summed E-state index contributed by atoms with van der Waals surface area (Å²) < 4.78 is 10.7. The molecule has 1 unspecified atom stereocenters. The Hall–Kier alpha value is -1.26. The molecule has 0 aliphatic heterocycles. The van der Waals surface area contributed by atoms with Crippen molar-refractivity contribution in [2.45, 2.75) is 110 Å². The molecular formula is C23H43NO4. The van der Waals surface area contributed by atoms with Gasteiger partial charge in [0.15, 0.2) is 0 Å². The van der Waals surface area contributed by atoms with Gasteiger partial charge in [0.25, 0.3) is 0 Å². The van der Waals surface area contributed by atoms with Crippen LogP contribution in [0.1, 0.15) is 104 Å². The number of unbranched alkanes of at least 4 members (excludes halogenated alkanes) is 7. The first kappa shape index (κ1) is 24.8. The molecule has 5 heteroatoms. The smallest absolute Gasteiger partial charge is 0.407 e. The van der Waals surface area contributed by atoms with Gasteiger partial charge in [-0.25, -0.2) is 9.59 Å². The Morgan fingerprint density at radius 1 is 0.893 bits per heavy atom. The number of esters is 1. The Bertz CT molecular complexity index is 419. The fraction of sp³-hybridized carbons (Fsp3) is 0.913. The lowest BCUT2D eigenvalue weighted by Crippen LogP contribution is -2.47. The van der Waals surface area contributed by atoms with Crippen molar-refractivity contribution in [2.24, 2.45) is 11.8 Å². The number of rotatable bonds is 14. The summed E-state index contributed by atoms with van der Waals surface area (Å²) >= 11 is 0. The van der Waals surface area contributed by atoms with Gasteiger partial charge in [-0.15, -0.1) is 0 Å². The van der Waals surface area contributed by atoms with Gasteiger partial charge in [0.05, 0.1) is 13.2 Å². The third-order valence-electron chi connectivity index (χ3n) is 5.44. The molecule has 5 nitrogen and oxygen atoms in total. The van der Waals surface area contributed by atoms with Crippen LogP contribution in [0.2, 0.25) is 0 Å². The Morgan fingerprint density at radius 2 is 1.50 bits per heavy atom. The zero-order valence-electron chi connectivity index (χ0n) is 18.5. The standard InChI is InChI=1S/C23H43NO4/c1-4-5-6-7-8-9-10-14-17-27-22(25)21(20-15-12-11-13-16-20)24-23(26)28-18-19(2)3/h19-21H,4-18H2,1-3H3,(H,24,26). The molecule has 1 aliphatic rings. The van der Waals surface area contributed by atoms with Crippen molar-refractivity contribution in [1.29, 1.82) is 0 Å². The van der Waals surface area contributed by atoms with Crippen LogP contribution in [0.15, 0.2) is 0 Å². The monoisotopic (exact) mass is 397 g/mol. The van der Waals surface area contributed by atoms with E-state index < -0.39 is 12.1 Å². The highest BCUT2D eigenvalue weighted by atomic mass is 16.6. The number of nitrogens with one attached hydrogen (secondary N) is 1. The lowest BCUT2D eigenvalue weighted by atomic mass is 9.84. The van der Waals surface area contributed by atoms with Crippen LogP contribution < -0.4 is 5.32 Å². The zero-order chi connectivity index (χ0) is 20.6. The van der Waals surface area contributed by atoms with Crippen molar-refractivity contribution in [3.8, 4) is 0 Å². The topological polar surface area (TPSA) is 64.6 Å². The molecule has 0 saturated heterocycles. The molecular weight excluding hydrogens is 354 g/mol. The molecule has 1 atom stereocenters. The predicted molar refractivity (Wildman–Crippen MR) is 113 cm³/mol. The van der Waals surface area contributed by atoms with Crippen LogP contribution in [0, 0.1) is 11.8 Å². The Labute approximate surface area is 172 Å². The summed E-state index contributed by atoms with van der Waals surface area (Å²) in [5.74, 6) is 0.135. The highest BCUT2D eigenvalue weighted by Crippen LogP contribution is 2.27. The average molecular weight is 398 g/mol. The maximum Gasteiger partial charge on any atom is 0.407 e. The Kier molecular flexibility index (Phi) is 13.8. The van der Waals surface area contributed by atoms with Gasteiger partial charge in [-0.2, -0.15) is 0 Å². The quantitative estimate of drug-likeness (QED) is 0.288. The summed E-state index contributed by atoms with van der Waals surface area (Å²) in [5.41, 5.74) is 0. The van der Waals surface area contributed by atoms with Crippen molar-refractivity contribution < 1.29 is 19.1 Å². The molecule has 0 radical (unpaired) electrons. The van der Waals surface area contributed by atoms with Crippen molar-refractivity contribution >= 4 is 12.1 Å². The van der Waals surface area contributed by atoms with Gasteiger partial charge < -0.3 is 14.8 Å². The number of hydrogen-bond acceptors (Lipinski definition) is 4. The van der Waals surface area contributed by atoms with Crippen molar-refractivity contribution in [3.63, 3.8) is 0 Å². The predicted octanol–water partition coefficient (Wildman–Crippen LogP) is 6.00. The number of amides is 1. The minimum absolute atomic E-state index is 0.159. The highest BCUT2D eigenvalue weighted by molar-refractivity contribution is 5.81. The largest absolute Gasteiger partial charge is 0.464 e. The van der Waals surface area contributed by atoms with E-state index in [9.17, 15) is 9.59 Å². The number of ether oxygens (including phenoxy) is 2. The molecule has 0 spiro atoms. The van der Waals surface area contributed by atoms with Crippen LogP contribution in [0.3, 0.4) is 0 Å². The first-order chi connectivity index (χ1) is 13.5. The molecule has 0 aromatic carbocycles. The van der Waals surface area contributed by atoms with Crippen LogP contribution in [0.5, 0.6) is 0 Å². The van der Waals surface area contributed by atoms with E-state index in [1.807, 2.05) is 13.8 Å². The maximum absolute atomic E-state index is 12.6. The van der Waals surface area contributed by atoms with Gasteiger partial charge in [0.1, 0.15) is 6.04 Å². The van der Waals surface area contributed by atoms with Crippen LogP contribution in [0.4, 0.5) is 4.79 Å². The van der Waals surface area contributed by atoms with Gasteiger partial charge >= 0.3 is 12.1 Å². The molecule has 1 amide bonds. The average Bonchev–Trinajstić information content (AvgIpc) is 2.69. The number of hydrogen-bond donors (Lipinski definition) is 1. The van der Waals surface area contributed by atoms with Gasteiger partial charge in [-0.3, -0.25) is 0 Å². The van der Waals surface area contributed by atoms with Crippen LogP contribution in [-0.4, -0.2) is 31.3 Å². The first-order valence-corrected chi connectivity index (χ1v) is 11.6. The normalized spacial score (nSPS) is 16.0. The van der Waals surface area contributed by atoms with E-state index >= 15 is 0 Å². The summed E-state index contributed by atoms with van der Waals surface area (Å²) in [6, 6.07) is -0.575. The summed E-state index contributed by atoms with van der Waals surface area (Å²) in [5, 5.41) is 2.79. The molecule has 1 fully saturated rings. The molecule has 0 heterocycles. The molecule has 0 aromatic heterocycles. The molecule has 1 rings (SSSR count). The molecule has 0 bridgehead atoms. The minimum atomic E-state index is -0.575. The van der Waals surface area contributed by atoms with E-state index in [1.54, 1.807) is 0 Å². The lowest BCUT2D eigenvalue weighted by molar-refractivity contribution is -0.148. The summed E-state index contributed by atoms with van der Waals surface area (Å²) in [7, 11) is 0. The number of alkyl carbamates (subject to hydrolysis) is 1. The van der Waals surface area contributed by atoms with Gasteiger partial charge in [0, 0.05) is 0 Å². The summed E-state index contributed by atoms with van der Waals surface area (Å²) in [6.45, 7) is 7.01. The molecule has 1 N–H and O–H groups in total. The maximum atomic E-state index is 12.6. The summed E-state index contributed by atoms with van der Waals surface area (Å²) in [4.78, 5) is 24.7. The second-order valence-corrected chi connectivity index (χ2v) is 8.65. The van der Waals surface area contributed by atoms with Gasteiger partial charge in [-0.1, -0.05) is 85.0 Å². The van der Waals surface area contributed by atoms with E-state index in [2.05, 4.69) is 12.2 Å². The molecule has 164 valence electrons. The second-order valence-electron chi connectivity index (χ2n) is 8.65. The fourth-order valence-electron chi connectivity index (χ4n) is 3.75. The minimum Gasteiger partial charge on any atom is -0.464 e. The zero-order valence-corrected chi connectivity index (χ0v) is 18.5. The Morgan fingerprint density at radius 3 is 2.11 bits per heavy atom. The van der Waals surface area contributed by atoms with Crippen molar-refractivity contribution in [1.82, 2.24) is 5.32 Å². The molecule has 28 heavy (non-hydrogen) atoms. The van der Waals surface area contributed by atoms with E-state index in [0.717, 1.165) is 38.5 Å². The van der Waals surface area contributed by atoms with Crippen LogP contribution >= 0.6 is 0 Å². The highest BCUT2D eigenvalue weighted by Gasteiger charge is 2.32. The molecule has 1 saturated carbocycles. The van der Waals surface area contributed by atoms with Crippen molar-refractivity contribution in [3.05, 3.63) is 0 Å². The Balaban J connectivity index is 2.32. The van der Waals surface area contributed by atoms with Gasteiger partial charge in [-0.05, 0) is 31.1 Å². The van der Waals surface area contributed by atoms with Crippen LogP contribution in [-0.2, 0) is 14.3 Å². The second kappa shape index (κ2) is 15.6. The number of carbonyl (C=O) groups excluding carboxylic acids is 2. The summed E-state index contributed by atoms with van der Waals surface area (Å²) in [6.07, 6.45) is 14.5. The third kappa shape index (κ3) is 11.6. The van der Waals surface area contributed by atoms with Gasteiger partial charge in [0.2, 0.25) is 0 Å².